The van der Waals surface area contributed by atoms with Crippen molar-refractivity contribution in [3.05, 3.63) is 59.2 Å². The highest BCUT2D eigenvalue weighted by atomic mass is 16.5. The van der Waals surface area contributed by atoms with Crippen LogP contribution in [0.1, 0.15) is 23.6 Å². The zero-order valence-corrected chi connectivity index (χ0v) is 13.7. The van der Waals surface area contributed by atoms with Gasteiger partial charge in [-0.25, -0.2) is 0 Å². The van der Waals surface area contributed by atoms with Gasteiger partial charge in [0.05, 0.1) is 13.5 Å². The van der Waals surface area contributed by atoms with E-state index in [1.54, 1.807) is 7.11 Å². The van der Waals surface area contributed by atoms with Gasteiger partial charge in [0.2, 0.25) is 5.91 Å². The number of carbonyl (C=O) groups is 1. The molecule has 0 atom stereocenters. The Bertz CT molecular complexity index is 644. The van der Waals surface area contributed by atoms with Gasteiger partial charge in [-0.1, -0.05) is 24.3 Å². The van der Waals surface area contributed by atoms with E-state index in [1.165, 1.54) is 11.1 Å². The summed E-state index contributed by atoms with van der Waals surface area (Å²) in [6, 6.07) is 13.9. The van der Waals surface area contributed by atoms with Crippen molar-refractivity contribution in [2.24, 2.45) is 0 Å². The van der Waals surface area contributed by atoms with Gasteiger partial charge in [0.25, 0.3) is 0 Å². The average molecular weight is 297 g/mol. The molecule has 2 aromatic carbocycles. The molecule has 0 unspecified atom stereocenters. The van der Waals surface area contributed by atoms with Crippen molar-refractivity contribution in [3.8, 4) is 5.75 Å². The third-order valence-electron chi connectivity index (χ3n) is 3.67. The first kappa shape index (κ1) is 16.1. The van der Waals surface area contributed by atoms with E-state index in [-0.39, 0.29) is 5.91 Å². The molecule has 0 N–H and O–H groups in total. The second kappa shape index (κ2) is 7.12. The number of benzene rings is 2. The number of para-hydroxylation sites is 1. The molecule has 22 heavy (non-hydrogen) atoms. The second-order valence-corrected chi connectivity index (χ2v) is 5.47. The maximum atomic E-state index is 12.7. The number of carbonyl (C=O) groups excluding carboxylic acids is 1. The third-order valence-corrected chi connectivity index (χ3v) is 3.67. The molecule has 0 aliphatic rings. The Kier molecular flexibility index (Phi) is 5.21. The monoisotopic (exact) mass is 297 g/mol. The zero-order valence-electron chi connectivity index (χ0n) is 13.7. The Balaban J connectivity index is 2.25. The normalized spacial score (nSPS) is 10.4. The molecule has 1 amide bonds. The molecule has 0 saturated heterocycles. The predicted molar refractivity (Wildman–Crippen MR) is 90.6 cm³/mol. The lowest BCUT2D eigenvalue weighted by molar-refractivity contribution is -0.118. The molecular weight excluding hydrogens is 274 g/mol. The summed E-state index contributed by atoms with van der Waals surface area (Å²) in [5.41, 5.74) is 4.20. The summed E-state index contributed by atoms with van der Waals surface area (Å²) in [5.74, 6) is 0.837. The number of aryl methyl sites for hydroxylation is 2. The van der Waals surface area contributed by atoms with Crippen LogP contribution in [0, 0.1) is 13.8 Å². The third kappa shape index (κ3) is 3.67. The molecule has 3 nitrogen and oxygen atoms in total. The van der Waals surface area contributed by atoms with Crippen LogP contribution in [0.4, 0.5) is 5.69 Å². The van der Waals surface area contributed by atoms with Crippen molar-refractivity contribution in [2.45, 2.75) is 27.2 Å². The standard InChI is InChI=1S/C19H23NO2/c1-5-20(17-11-14(2)10-15(3)12-17)19(21)13-16-8-6-7-9-18(16)22-4/h6-12H,5,13H2,1-4H3. The highest BCUT2D eigenvalue weighted by molar-refractivity contribution is 5.95. The molecule has 0 fully saturated rings. The number of hydrogen-bond donors (Lipinski definition) is 0. The van der Waals surface area contributed by atoms with E-state index < -0.39 is 0 Å². The first-order chi connectivity index (χ1) is 10.5. The summed E-state index contributed by atoms with van der Waals surface area (Å²) >= 11 is 0. The molecule has 0 spiro atoms. The number of amides is 1. The van der Waals surface area contributed by atoms with Crippen molar-refractivity contribution >= 4 is 11.6 Å². The van der Waals surface area contributed by atoms with E-state index >= 15 is 0 Å². The maximum Gasteiger partial charge on any atom is 0.231 e. The Morgan fingerprint density at radius 3 is 2.32 bits per heavy atom. The van der Waals surface area contributed by atoms with Crippen molar-refractivity contribution < 1.29 is 9.53 Å². The number of nitrogens with zero attached hydrogens (tertiary/aromatic N) is 1. The topological polar surface area (TPSA) is 29.5 Å². The Hall–Kier alpha value is -2.29. The van der Waals surface area contributed by atoms with Crippen LogP contribution in [0.3, 0.4) is 0 Å². The number of ether oxygens (including phenoxy) is 1. The van der Waals surface area contributed by atoms with Gasteiger partial charge in [-0.3, -0.25) is 4.79 Å². The van der Waals surface area contributed by atoms with Crippen LogP contribution in [0.5, 0.6) is 5.75 Å². The van der Waals surface area contributed by atoms with E-state index in [0.29, 0.717) is 13.0 Å². The molecule has 0 aliphatic heterocycles. The summed E-state index contributed by atoms with van der Waals surface area (Å²) in [5, 5.41) is 0. The van der Waals surface area contributed by atoms with Gasteiger partial charge in [0.1, 0.15) is 5.75 Å². The number of methoxy groups -OCH3 is 1. The van der Waals surface area contributed by atoms with Gasteiger partial charge in [0.15, 0.2) is 0 Å². The van der Waals surface area contributed by atoms with Crippen LogP contribution in [0.25, 0.3) is 0 Å². The maximum absolute atomic E-state index is 12.7. The summed E-state index contributed by atoms with van der Waals surface area (Å²) in [7, 11) is 1.63. The van der Waals surface area contributed by atoms with Crippen LogP contribution >= 0.6 is 0 Å². The van der Waals surface area contributed by atoms with Crippen LogP contribution in [-0.4, -0.2) is 19.6 Å². The predicted octanol–water partition coefficient (Wildman–Crippen LogP) is 3.91. The van der Waals surface area contributed by atoms with E-state index in [4.69, 9.17) is 4.74 Å². The number of likely N-dealkylation sites (N-methyl/N-ethyl adjacent to an activating group) is 1. The quantitative estimate of drug-likeness (QED) is 0.837. The Labute approximate surface area is 132 Å². The molecule has 0 bridgehead atoms. The van der Waals surface area contributed by atoms with Crippen molar-refractivity contribution in [3.63, 3.8) is 0 Å². The first-order valence-corrected chi connectivity index (χ1v) is 7.55. The summed E-state index contributed by atoms with van der Waals surface area (Å²) in [6.45, 7) is 6.75. The minimum atomic E-state index is 0.0806. The van der Waals surface area contributed by atoms with Gasteiger partial charge in [0, 0.05) is 17.8 Å². The zero-order chi connectivity index (χ0) is 16.1. The SMILES string of the molecule is CCN(C(=O)Cc1ccccc1OC)c1cc(C)cc(C)c1. The first-order valence-electron chi connectivity index (χ1n) is 7.55. The van der Waals surface area contributed by atoms with Gasteiger partial charge < -0.3 is 9.64 Å². The van der Waals surface area contributed by atoms with Crippen molar-refractivity contribution in [2.75, 3.05) is 18.6 Å². The molecule has 2 aromatic rings. The lowest BCUT2D eigenvalue weighted by Crippen LogP contribution is -2.32. The molecule has 2 rings (SSSR count). The van der Waals surface area contributed by atoms with E-state index in [0.717, 1.165) is 17.0 Å². The van der Waals surface area contributed by atoms with Gasteiger partial charge >= 0.3 is 0 Å². The Morgan fingerprint density at radius 2 is 1.73 bits per heavy atom. The summed E-state index contributed by atoms with van der Waals surface area (Å²) < 4.78 is 5.33. The highest BCUT2D eigenvalue weighted by Crippen LogP contribution is 2.22. The molecule has 0 radical (unpaired) electrons. The highest BCUT2D eigenvalue weighted by Gasteiger charge is 2.16. The second-order valence-electron chi connectivity index (χ2n) is 5.47. The summed E-state index contributed by atoms with van der Waals surface area (Å²) in [6.07, 6.45) is 0.338. The molecule has 0 aromatic heterocycles. The van der Waals surface area contributed by atoms with Crippen molar-refractivity contribution in [1.82, 2.24) is 0 Å². The van der Waals surface area contributed by atoms with Gasteiger partial charge in [-0.05, 0) is 50.1 Å². The van der Waals surface area contributed by atoms with Gasteiger partial charge in [-0.15, -0.1) is 0 Å². The molecule has 0 saturated carbocycles. The van der Waals surface area contributed by atoms with Crippen LogP contribution in [0.2, 0.25) is 0 Å². The number of hydrogen-bond acceptors (Lipinski definition) is 2. The molecule has 116 valence electrons. The van der Waals surface area contributed by atoms with Crippen LogP contribution in [-0.2, 0) is 11.2 Å². The number of anilines is 1. The largest absolute Gasteiger partial charge is 0.496 e. The summed E-state index contributed by atoms with van der Waals surface area (Å²) in [4.78, 5) is 14.5. The van der Waals surface area contributed by atoms with Gasteiger partial charge in [-0.2, -0.15) is 0 Å². The molecular formula is C19H23NO2. The van der Waals surface area contributed by atoms with E-state index in [1.807, 2.05) is 36.1 Å². The molecule has 3 heteroatoms. The molecule has 0 heterocycles. The van der Waals surface area contributed by atoms with Crippen LogP contribution < -0.4 is 9.64 Å². The van der Waals surface area contributed by atoms with E-state index in [2.05, 4.69) is 32.0 Å². The minimum Gasteiger partial charge on any atom is -0.496 e. The average Bonchev–Trinajstić information content (AvgIpc) is 2.47. The molecule has 0 aliphatic carbocycles. The fourth-order valence-corrected chi connectivity index (χ4v) is 2.72. The fraction of sp³-hybridized carbons (Fsp3) is 0.316. The fourth-order valence-electron chi connectivity index (χ4n) is 2.72. The van der Waals surface area contributed by atoms with Crippen LogP contribution in [0.15, 0.2) is 42.5 Å². The number of rotatable bonds is 5. The lowest BCUT2D eigenvalue weighted by Gasteiger charge is -2.22. The van der Waals surface area contributed by atoms with Crippen molar-refractivity contribution in [1.29, 1.82) is 0 Å². The smallest absolute Gasteiger partial charge is 0.231 e. The lowest BCUT2D eigenvalue weighted by atomic mass is 10.1. The minimum absolute atomic E-state index is 0.0806. The Morgan fingerprint density at radius 1 is 1.09 bits per heavy atom. The van der Waals surface area contributed by atoms with E-state index in [9.17, 15) is 4.79 Å².